The van der Waals surface area contributed by atoms with Gasteiger partial charge in [0, 0.05) is 12.6 Å². The maximum atomic E-state index is 9.13. The van der Waals surface area contributed by atoms with Crippen LogP contribution in [0.1, 0.15) is 19.2 Å². The lowest BCUT2D eigenvalue weighted by atomic mass is 10.2. The molecule has 0 amide bonds. The molecule has 4 heteroatoms. The van der Waals surface area contributed by atoms with Crippen LogP contribution in [0.5, 0.6) is 0 Å². The van der Waals surface area contributed by atoms with Crippen molar-refractivity contribution in [3.05, 3.63) is 24.2 Å². The number of aromatic nitrogens is 3. The van der Waals surface area contributed by atoms with Gasteiger partial charge in [-0.2, -0.15) is 0 Å². The van der Waals surface area contributed by atoms with E-state index in [-0.39, 0.29) is 6.10 Å². The molecular weight excluding hydrogens is 178 g/mol. The van der Waals surface area contributed by atoms with Gasteiger partial charge in [-0.1, -0.05) is 0 Å². The van der Waals surface area contributed by atoms with Crippen molar-refractivity contribution in [2.75, 3.05) is 0 Å². The minimum atomic E-state index is -0.281. The quantitative estimate of drug-likeness (QED) is 0.768. The van der Waals surface area contributed by atoms with Crippen molar-refractivity contribution in [1.82, 2.24) is 15.0 Å². The van der Waals surface area contributed by atoms with Gasteiger partial charge in [0.05, 0.1) is 11.6 Å². The van der Waals surface area contributed by atoms with Crippen LogP contribution in [-0.2, 0) is 6.42 Å². The first-order valence-corrected chi connectivity index (χ1v) is 4.73. The van der Waals surface area contributed by atoms with Gasteiger partial charge in [-0.05, 0) is 25.5 Å². The van der Waals surface area contributed by atoms with Crippen LogP contribution in [-0.4, -0.2) is 26.2 Å². The van der Waals surface area contributed by atoms with Gasteiger partial charge < -0.3 is 10.1 Å². The fraction of sp³-hybridized carbons (Fsp3) is 0.400. The van der Waals surface area contributed by atoms with E-state index in [0.29, 0.717) is 0 Å². The zero-order valence-corrected chi connectivity index (χ0v) is 8.07. The van der Waals surface area contributed by atoms with Crippen molar-refractivity contribution < 1.29 is 5.11 Å². The van der Waals surface area contributed by atoms with Crippen LogP contribution in [0.15, 0.2) is 18.3 Å². The zero-order chi connectivity index (χ0) is 9.97. The predicted octanol–water partition coefficient (Wildman–Crippen LogP) is 1.27. The Hall–Kier alpha value is -1.42. The van der Waals surface area contributed by atoms with Gasteiger partial charge in [0.15, 0.2) is 5.65 Å². The highest BCUT2D eigenvalue weighted by Gasteiger charge is 2.04. The summed E-state index contributed by atoms with van der Waals surface area (Å²) in [6, 6.07) is 3.82. The first-order valence-electron chi connectivity index (χ1n) is 4.73. The summed E-state index contributed by atoms with van der Waals surface area (Å²) in [4.78, 5) is 11.6. The zero-order valence-electron chi connectivity index (χ0n) is 8.07. The normalized spacial score (nSPS) is 13.3. The van der Waals surface area contributed by atoms with E-state index < -0.39 is 0 Å². The Labute approximate surface area is 82.0 Å². The topological polar surface area (TPSA) is 61.8 Å². The summed E-state index contributed by atoms with van der Waals surface area (Å²) in [5, 5.41) is 9.13. The number of nitrogens with zero attached hydrogens (tertiary/aromatic N) is 2. The largest absolute Gasteiger partial charge is 0.393 e. The molecule has 4 nitrogen and oxygen atoms in total. The summed E-state index contributed by atoms with van der Waals surface area (Å²) in [5.74, 6) is 0.889. The number of imidazole rings is 1. The van der Waals surface area contributed by atoms with E-state index in [9.17, 15) is 0 Å². The molecule has 1 unspecified atom stereocenters. The molecule has 0 spiro atoms. The molecule has 1 atom stereocenters. The minimum absolute atomic E-state index is 0.281. The summed E-state index contributed by atoms with van der Waals surface area (Å²) < 4.78 is 0. The van der Waals surface area contributed by atoms with Crippen LogP contribution in [0.3, 0.4) is 0 Å². The predicted molar refractivity (Wildman–Crippen MR) is 53.9 cm³/mol. The number of aryl methyl sites for hydroxylation is 1. The SMILES string of the molecule is CC(O)CCc1nc2ncccc2[nH]1. The van der Waals surface area contributed by atoms with Gasteiger partial charge in [0.2, 0.25) is 0 Å². The summed E-state index contributed by atoms with van der Waals surface area (Å²) in [5.41, 5.74) is 1.70. The van der Waals surface area contributed by atoms with E-state index in [1.165, 1.54) is 0 Å². The van der Waals surface area contributed by atoms with E-state index >= 15 is 0 Å². The lowest BCUT2D eigenvalue weighted by Gasteiger charge is -1.99. The maximum Gasteiger partial charge on any atom is 0.177 e. The molecule has 2 aromatic rings. The third kappa shape index (κ3) is 1.90. The van der Waals surface area contributed by atoms with Gasteiger partial charge >= 0.3 is 0 Å². The molecular formula is C10H13N3O. The molecule has 2 rings (SSSR count). The molecule has 0 saturated heterocycles. The Bertz CT molecular complexity index is 389. The van der Waals surface area contributed by atoms with Crippen molar-refractivity contribution in [3.63, 3.8) is 0 Å². The summed E-state index contributed by atoms with van der Waals surface area (Å²) in [7, 11) is 0. The van der Waals surface area contributed by atoms with Gasteiger partial charge in [-0.25, -0.2) is 9.97 Å². The lowest BCUT2D eigenvalue weighted by molar-refractivity contribution is 0.184. The first-order chi connectivity index (χ1) is 6.75. The number of aromatic amines is 1. The molecule has 0 fully saturated rings. The number of aliphatic hydroxyl groups is 1. The van der Waals surface area contributed by atoms with Crippen molar-refractivity contribution in [2.45, 2.75) is 25.9 Å². The number of hydrogen-bond donors (Lipinski definition) is 2. The standard InChI is InChI=1S/C10H13N3O/c1-7(14)4-5-9-12-8-3-2-6-11-10(8)13-9/h2-3,6-7,14H,4-5H2,1H3,(H,11,12,13). The van der Waals surface area contributed by atoms with E-state index in [2.05, 4.69) is 15.0 Å². The Kier molecular flexibility index (Phi) is 2.45. The van der Waals surface area contributed by atoms with Gasteiger partial charge in [0.1, 0.15) is 5.82 Å². The number of fused-ring (bicyclic) bond motifs is 1. The van der Waals surface area contributed by atoms with Crippen LogP contribution in [0, 0.1) is 0 Å². The number of pyridine rings is 1. The molecule has 14 heavy (non-hydrogen) atoms. The fourth-order valence-corrected chi connectivity index (χ4v) is 1.36. The highest BCUT2D eigenvalue weighted by molar-refractivity contribution is 5.69. The van der Waals surface area contributed by atoms with E-state index in [4.69, 9.17) is 5.11 Å². The molecule has 74 valence electrons. The fourth-order valence-electron chi connectivity index (χ4n) is 1.36. The third-order valence-electron chi connectivity index (χ3n) is 2.11. The summed E-state index contributed by atoms with van der Waals surface area (Å²) >= 11 is 0. The van der Waals surface area contributed by atoms with Crippen LogP contribution in [0.2, 0.25) is 0 Å². The highest BCUT2D eigenvalue weighted by Crippen LogP contribution is 2.09. The van der Waals surface area contributed by atoms with Crippen LogP contribution >= 0.6 is 0 Å². The van der Waals surface area contributed by atoms with Crippen LogP contribution < -0.4 is 0 Å². The average Bonchev–Trinajstić information content (AvgIpc) is 2.57. The molecule has 2 N–H and O–H groups in total. The smallest absolute Gasteiger partial charge is 0.177 e. The molecule has 0 aliphatic heterocycles. The number of H-pyrrole nitrogens is 1. The number of nitrogens with one attached hydrogen (secondary N) is 1. The Morgan fingerprint density at radius 2 is 2.43 bits per heavy atom. The van der Waals surface area contributed by atoms with Crippen LogP contribution in [0.25, 0.3) is 11.2 Å². The molecule has 0 saturated carbocycles. The van der Waals surface area contributed by atoms with E-state index in [1.807, 2.05) is 12.1 Å². The van der Waals surface area contributed by atoms with E-state index in [0.717, 1.165) is 29.8 Å². The number of hydrogen-bond acceptors (Lipinski definition) is 3. The Balaban J connectivity index is 2.19. The molecule has 0 aliphatic carbocycles. The molecule has 2 heterocycles. The second kappa shape index (κ2) is 3.75. The molecule has 0 bridgehead atoms. The maximum absolute atomic E-state index is 9.13. The first kappa shape index (κ1) is 9.15. The third-order valence-corrected chi connectivity index (χ3v) is 2.11. The van der Waals surface area contributed by atoms with Gasteiger partial charge in [0.25, 0.3) is 0 Å². The van der Waals surface area contributed by atoms with Gasteiger partial charge in [-0.15, -0.1) is 0 Å². The van der Waals surface area contributed by atoms with E-state index in [1.54, 1.807) is 13.1 Å². The average molecular weight is 191 g/mol. The number of aliphatic hydroxyl groups excluding tert-OH is 1. The minimum Gasteiger partial charge on any atom is -0.393 e. The monoisotopic (exact) mass is 191 g/mol. The highest BCUT2D eigenvalue weighted by atomic mass is 16.3. The summed E-state index contributed by atoms with van der Waals surface area (Å²) in [6.07, 6.45) is 2.92. The Morgan fingerprint density at radius 3 is 3.14 bits per heavy atom. The van der Waals surface area contributed by atoms with Crippen molar-refractivity contribution >= 4 is 11.2 Å². The number of rotatable bonds is 3. The van der Waals surface area contributed by atoms with Crippen molar-refractivity contribution in [1.29, 1.82) is 0 Å². The second-order valence-electron chi connectivity index (χ2n) is 3.45. The lowest BCUT2D eigenvalue weighted by Crippen LogP contribution is -2.02. The molecule has 0 radical (unpaired) electrons. The van der Waals surface area contributed by atoms with Crippen LogP contribution in [0.4, 0.5) is 0 Å². The second-order valence-corrected chi connectivity index (χ2v) is 3.45. The molecule has 0 aromatic carbocycles. The molecule has 2 aromatic heterocycles. The van der Waals surface area contributed by atoms with Gasteiger partial charge in [-0.3, -0.25) is 0 Å². The Morgan fingerprint density at radius 1 is 1.57 bits per heavy atom. The molecule has 0 aliphatic rings. The summed E-state index contributed by atoms with van der Waals surface area (Å²) in [6.45, 7) is 1.78. The van der Waals surface area contributed by atoms with Crippen molar-refractivity contribution in [2.24, 2.45) is 0 Å². The van der Waals surface area contributed by atoms with Crippen molar-refractivity contribution in [3.8, 4) is 0 Å².